The smallest absolute Gasteiger partial charge is 0.336 e. The summed E-state index contributed by atoms with van der Waals surface area (Å²) >= 11 is 0. The van der Waals surface area contributed by atoms with Crippen molar-refractivity contribution in [1.29, 1.82) is 0 Å². The minimum atomic E-state index is -2.03. The van der Waals surface area contributed by atoms with Crippen LogP contribution >= 0.6 is 0 Å². The molecule has 3 heterocycles. The van der Waals surface area contributed by atoms with Gasteiger partial charge in [0.2, 0.25) is 5.91 Å². The van der Waals surface area contributed by atoms with Gasteiger partial charge in [-0.15, -0.1) is 0 Å². The number of ether oxygens (including phenoxy) is 3. The summed E-state index contributed by atoms with van der Waals surface area (Å²) in [5.41, 5.74) is -2.49. The monoisotopic (exact) mass is 708 g/mol. The summed E-state index contributed by atoms with van der Waals surface area (Å²) < 4.78 is 17.4. The number of phenolic OH excluding ortho intramolecular Hbond substituents is 1. The number of amides is 3. The number of benzene rings is 1. The molecule has 7 atom stereocenters. The quantitative estimate of drug-likeness (QED) is 0.139. The molecule has 3 aliphatic rings. The van der Waals surface area contributed by atoms with Gasteiger partial charge in [0.1, 0.15) is 23.6 Å². The first-order valence-corrected chi connectivity index (χ1v) is 16.8. The molecule has 3 saturated heterocycles. The summed E-state index contributed by atoms with van der Waals surface area (Å²) in [6, 6.07) is 1.65. The number of aliphatic carboxylic acids is 1. The van der Waals surface area contributed by atoms with Crippen LogP contribution in [0.3, 0.4) is 0 Å². The Balaban J connectivity index is 1.51. The molecule has 280 valence electrons. The maximum absolute atomic E-state index is 13.2. The Morgan fingerprint density at radius 3 is 2.40 bits per heavy atom. The van der Waals surface area contributed by atoms with E-state index in [4.69, 9.17) is 14.2 Å². The van der Waals surface area contributed by atoms with E-state index in [0.29, 0.717) is 50.4 Å². The van der Waals surface area contributed by atoms with E-state index < -0.39 is 77.9 Å². The van der Waals surface area contributed by atoms with E-state index in [1.807, 2.05) is 0 Å². The lowest BCUT2D eigenvalue weighted by molar-refractivity contribution is -0.231. The number of morpholine rings is 1. The zero-order valence-corrected chi connectivity index (χ0v) is 29.6. The van der Waals surface area contributed by atoms with Gasteiger partial charge in [0, 0.05) is 65.2 Å². The third-order valence-electron chi connectivity index (χ3n) is 10.4. The van der Waals surface area contributed by atoms with E-state index in [1.165, 1.54) is 26.2 Å². The number of carbonyl (C=O) groups excluding carboxylic acids is 3. The predicted molar refractivity (Wildman–Crippen MR) is 177 cm³/mol. The van der Waals surface area contributed by atoms with Crippen molar-refractivity contribution in [3.8, 4) is 5.75 Å². The van der Waals surface area contributed by atoms with Crippen LogP contribution in [-0.2, 0) is 28.6 Å². The zero-order valence-electron chi connectivity index (χ0n) is 29.6. The molecule has 3 amide bonds. The van der Waals surface area contributed by atoms with Crippen LogP contribution in [0.15, 0.2) is 12.1 Å². The number of methoxy groups -OCH3 is 1. The molecule has 0 saturated carbocycles. The van der Waals surface area contributed by atoms with Crippen molar-refractivity contribution in [2.45, 2.75) is 101 Å². The highest BCUT2D eigenvalue weighted by molar-refractivity contribution is 5.95. The highest BCUT2D eigenvalue weighted by Crippen LogP contribution is 2.38. The van der Waals surface area contributed by atoms with Gasteiger partial charge in [-0.05, 0) is 57.4 Å². The zero-order chi connectivity index (χ0) is 37.2. The Labute approximate surface area is 291 Å². The van der Waals surface area contributed by atoms with E-state index in [0.717, 1.165) is 0 Å². The highest BCUT2D eigenvalue weighted by Gasteiger charge is 2.56. The van der Waals surface area contributed by atoms with Gasteiger partial charge < -0.3 is 55.3 Å². The van der Waals surface area contributed by atoms with Crippen LogP contribution in [0.25, 0.3) is 0 Å². The van der Waals surface area contributed by atoms with Crippen molar-refractivity contribution in [1.82, 2.24) is 20.4 Å². The van der Waals surface area contributed by atoms with Gasteiger partial charge in [-0.1, -0.05) is 0 Å². The number of nitrogens with one attached hydrogen (secondary N) is 2. The van der Waals surface area contributed by atoms with Crippen molar-refractivity contribution < 1.29 is 58.9 Å². The molecule has 0 aromatic heterocycles. The van der Waals surface area contributed by atoms with Crippen LogP contribution < -0.4 is 10.6 Å². The van der Waals surface area contributed by atoms with Gasteiger partial charge in [-0.3, -0.25) is 19.3 Å². The first kappa shape index (κ1) is 39.4. The van der Waals surface area contributed by atoms with Gasteiger partial charge in [0.25, 0.3) is 11.8 Å². The molecule has 3 aliphatic heterocycles. The first-order chi connectivity index (χ1) is 23.4. The molecule has 0 radical (unpaired) electrons. The molecular weight excluding hydrogens is 656 g/mol. The molecule has 1 spiro atoms. The number of hydrogen-bond donors (Lipinski definition) is 7. The first-order valence-electron chi connectivity index (χ1n) is 16.8. The molecule has 1 aromatic rings. The Bertz CT molecular complexity index is 1420. The number of carboxylic acids is 1. The van der Waals surface area contributed by atoms with Crippen molar-refractivity contribution in [3.63, 3.8) is 0 Å². The van der Waals surface area contributed by atoms with Crippen LogP contribution in [0.5, 0.6) is 5.75 Å². The molecule has 0 aliphatic carbocycles. The number of rotatable bonds is 12. The highest BCUT2D eigenvalue weighted by atomic mass is 16.6. The Kier molecular flexibility index (Phi) is 12.2. The predicted octanol–water partition coefficient (Wildman–Crippen LogP) is -0.943. The van der Waals surface area contributed by atoms with E-state index in [2.05, 4.69) is 15.5 Å². The maximum atomic E-state index is 13.2. The third kappa shape index (κ3) is 8.22. The van der Waals surface area contributed by atoms with Crippen molar-refractivity contribution in [3.05, 3.63) is 28.8 Å². The fraction of sp³-hybridized carbons (Fsp3) is 0.706. The molecule has 16 nitrogen and oxygen atoms in total. The Morgan fingerprint density at radius 1 is 1.14 bits per heavy atom. The molecule has 50 heavy (non-hydrogen) atoms. The Morgan fingerprint density at radius 2 is 1.80 bits per heavy atom. The van der Waals surface area contributed by atoms with Crippen molar-refractivity contribution in [2.24, 2.45) is 0 Å². The summed E-state index contributed by atoms with van der Waals surface area (Å²) in [4.78, 5) is 54.9. The number of aromatic hydroxyl groups is 1. The lowest BCUT2D eigenvalue weighted by Gasteiger charge is -2.49. The summed E-state index contributed by atoms with van der Waals surface area (Å²) in [5.74, 6) is -2.70. The lowest BCUT2D eigenvalue weighted by Crippen LogP contribution is -2.68. The molecular formula is C34H52N4O12. The fourth-order valence-corrected chi connectivity index (χ4v) is 7.20. The number of hydrogen-bond acceptors (Lipinski definition) is 12. The molecule has 0 bridgehead atoms. The lowest BCUT2D eigenvalue weighted by atomic mass is 9.81. The minimum absolute atomic E-state index is 0.0474. The third-order valence-corrected chi connectivity index (χ3v) is 10.4. The van der Waals surface area contributed by atoms with Gasteiger partial charge in [-0.25, -0.2) is 4.79 Å². The second-order valence-electron chi connectivity index (χ2n) is 14.3. The molecule has 3 fully saturated rings. The number of carboxylic acid groups (broad SMARTS) is 1. The van der Waals surface area contributed by atoms with E-state index in [-0.39, 0.29) is 30.2 Å². The fourth-order valence-electron chi connectivity index (χ4n) is 7.20. The van der Waals surface area contributed by atoms with Gasteiger partial charge in [0.05, 0.1) is 37.0 Å². The second-order valence-corrected chi connectivity index (χ2v) is 14.3. The normalized spacial score (nSPS) is 28.7. The molecule has 4 rings (SSSR count). The topological polar surface area (TPSA) is 228 Å². The number of aliphatic hydroxyl groups excluding tert-OH is 3. The van der Waals surface area contributed by atoms with Crippen LogP contribution in [0.4, 0.5) is 0 Å². The maximum Gasteiger partial charge on any atom is 0.336 e. The summed E-state index contributed by atoms with van der Waals surface area (Å²) in [6.07, 6.45) is -6.60. The van der Waals surface area contributed by atoms with Crippen molar-refractivity contribution >= 4 is 23.7 Å². The van der Waals surface area contributed by atoms with E-state index in [1.54, 1.807) is 32.6 Å². The van der Waals surface area contributed by atoms with Gasteiger partial charge in [-0.2, -0.15) is 0 Å². The van der Waals surface area contributed by atoms with Crippen LogP contribution in [0.2, 0.25) is 0 Å². The van der Waals surface area contributed by atoms with Crippen LogP contribution in [-0.4, -0.2) is 159 Å². The molecule has 1 aromatic carbocycles. The Hall–Kier alpha value is -3.38. The van der Waals surface area contributed by atoms with E-state index in [9.17, 15) is 44.7 Å². The number of aliphatic hydroxyl groups is 3. The van der Waals surface area contributed by atoms with Crippen LogP contribution in [0, 0.1) is 13.8 Å². The number of nitrogens with zero attached hydrogens (tertiary/aromatic N) is 2. The molecule has 7 N–H and O–H groups in total. The number of aryl methyl sites for hydroxylation is 2. The van der Waals surface area contributed by atoms with E-state index >= 15 is 0 Å². The average Bonchev–Trinajstić information content (AvgIpc) is 3.49. The molecule has 16 heteroatoms. The van der Waals surface area contributed by atoms with Gasteiger partial charge in [0.15, 0.2) is 5.60 Å². The summed E-state index contributed by atoms with van der Waals surface area (Å²) in [5, 5.41) is 59.2. The summed E-state index contributed by atoms with van der Waals surface area (Å²) in [6.45, 7) is 9.49. The SMILES string of the molecule is COC(C)(C)C(=O)N1CC[C@@]2(COCCN2CC[C@]2(C(=O)O)C[C@H](O)[C@@H](NC(C)=O)[C@H]([C@H](O)[C@H](O)CNC(=O)c3cc(C)c(O)c(C)c3)O2)C1. The van der Waals surface area contributed by atoms with Crippen LogP contribution in [0.1, 0.15) is 61.5 Å². The standard InChI is InChI=1S/C34H52N4O12/c1-19-13-22(14-20(2)26(19)42)29(44)35-16-24(41)27(43)28-25(36-21(3)39)23(40)15-34(50-28,31(46)47)8-10-38-11-12-49-18-33(38)7-9-37(17-33)30(45)32(4,5)48-6/h13-14,23-25,27-28,40-43H,7-12,15-18H2,1-6H3,(H,35,44)(H,36,39)(H,46,47)/t23-,24+,25+,27+,28+,33-,34+/m0/s1. The number of likely N-dealkylation sites (tertiary alicyclic amines) is 1. The second kappa shape index (κ2) is 15.5. The largest absolute Gasteiger partial charge is 0.507 e. The molecule has 0 unspecified atom stereocenters. The van der Waals surface area contributed by atoms with Gasteiger partial charge >= 0.3 is 5.97 Å². The summed E-state index contributed by atoms with van der Waals surface area (Å²) in [7, 11) is 1.47. The number of carbonyl (C=O) groups is 4. The van der Waals surface area contributed by atoms with Crippen molar-refractivity contribution in [2.75, 3.05) is 53.0 Å². The number of phenols is 1. The minimum Gasteiger partial charge on any atom is -0.507 e. The average molecular weight is 709 g/mol.